The van der Waals surface area contributed by atoms with Crippen LogP contribution in [0.2, 0.25) is 0 Å². The maximum Gasteiger partial charge on any atom is 0.308 e. The summed E-state index contributed by atoms with van der Waals surface area (Å²) in [7, 11) is 5.46. The fourth-order valence-electron chi connectivity index (χ4n) is 2.51. The molecule has 106 valence electrons. The lowest BCUT2D eigenvalue weighted by molar-refractivity contribution is -0.144. The zero-order valence-corrected chi connectivity index (χ0v) is 12.3. The molecule has 0 aliphatic rings. The van der Waals surface area contributed by atoms with Crippen molar-refractivity contribution in [1.29, 1.82) is 0 Å². The molecule has 0 heterocycles. The van der Waals surface area contributed by atoms with Crippen molar-refractivity contribution in [2.75, 3.05) is 21.2 Å². The first kappa shape index (κ1) is 15.5. The van der Waals surface area contributed by atoms with Crippen LogP contribution in [-0.4, -0.2) is 37.2 Å². The zero-order valence-electron chi connectivity index (χ0n) is 12.3. The van der Waals surface area contributed by atoms with Crippen LogP contribution < -0.4 is 4.74 Å². The molecule has 1 aromatic carbocycles. The van der Waals surface area contributed by atoms with Gasteiger partial charge in [-0.3, -0.25) is 4.79 Å². The van der Waals surface area contributed by atoms with E-state index in [0.717, 1.165) is 16.9 Å². The first-order valence-corrected chi connectivity index (χ1v) is 6.46. The van der Waals surface area contributed by atoms with E-state index < -0.39 is 11.9 Å². The molecule has 0 amide bonds. The number of carboxylic acid groups (broad SMARTS) is 1. The van der Waals surface area contributed by atoms with Gasteiger partial charge in [-0.05, 0) is 44.6 Å². The second-order valence-electron chi connectivity index (χ2n) is 4.99. The Bertz CT molecular complexity index is 443. The smallest absolute Gasteiger partial charge is 0.308 e. The van der Waals surface area contributed by atoms with Gasteiger partial charge in [0.05, 0.1) is 13.0 Å². The molecule has 4 heteroatoms. The standard InChI is InChI=1S/C15H23NO3/c1-6-12(15(17)18)14(16(3)4)11-7-8-13(19-5)10(2)9-11/h7-9,12,14H,6H2,1-5H3,(H,17,18). The third-order valence-electron chi connectivity index (χ3n) is 3.45. The molecule has 1 rings (SSSR count). The normalized spacial score (nSPS) is 14.2. The number of aliphatic carboxylic acids is 1. The Morgan fingerprint density at radius 2 is 2.05 bits per heavy atom. The molecule has 0 fully saturated rings. The molecular formula is C15H23NO3. The molecule has 0 aliphatic heterocycles. The minimum Gasteiger partial charge on any atom is -0.496 e. The summed E-state index contributed by atoms with van der Waals surface area (Å²) >= 11 is 0. The van der Waals surface area contributed by atoms with Gasteiger partial charge in [0, 0.05) is 6.04 Å². The highest BCUT2D eigenvalue weighted by Gasteiger charge is 2.29. The topological polar surface area (TPSA) is 49.8 Å². The van der Waals surface area contributed by atoms with Crippen LogP contribution in [0.1, 0.15) is 30.5 Å². The van der Waals surface area contributed by atoms with Gasteiger partial charge in [0.15, 0.2) is 0 Å². The quantitative estimate of drug-likeness (QED) is 0.859. The fourth-order valence-corrected chi connectivity index (χ4v) is 2.51. The van der Waals surface area contributed by atoms with Crippen molar-refractivity contribution in [2.45, 2.75) is 26.3 Å². The van der Waals surface area contributed by atoms with Crippen LogP contribution in [-0.2, 0) is 4.79 Å². The molecule has 0 aliphatic carbocycles. The summed E-state index contributed by atoms with van der Waals surface area (Å²) in [4.78, 5) is 13.4. The Hall–Kier alpha value is -1.55. The third kappa shape index (κ3) is 3.47. The number of methoxy groups -OCH3 is 1. The molecule has 0 saturated carbocycles. The highest BCUT2D eigenvalue weighted by atomic mass is 16.5. The predicted molar refractivity (Wildman–Crippen MR) is 75.6 cm³/mol. The number of carbonyl (C=O) groups is 1. The van der Waals surface area contributed by atoms with Gasteiger partial charge in [0.1, 0.15) is 5.75 Å². The van der Waals surface area contributed by atoms with Crippen molar-refractivity contribution in [3.05, 3.63) is 29.3 Å². The molecule has 19 heavy (non-hydrogen) atoms. The minimum atomic E-state index is -0.755. The number of hydrogen-bond acceptors (Lipinski definition) is 3. The van der Waals surface area contributed by atoms with Crippen LogP contribution in [0.15, 0.2) is 18.2 Å². The fraction of sp³-hybridized carbons (Fsp3) is 0.533. The summed E-state index contributed by atoms with van der Waals surface area (Å²) < 4.78 is 5.24. The molecule has 0 spiro atoms. The van der Waals surface area contributed by atoms with Crippen LogP contribution in [0.4, 0.5) is 0 Å². The van der Waals surface area contributed by atoms with Gasteiger partial charge in [-0.2, -0.15) is 0 Å². The van der Waals surface area contributed by atoms with E-state index in [2.05, 4.69) is 0 Å². The molecule has 2 unspecified atom stereocenters. The molecule has 0 bridgehead atoms. The van der Waals surface area contributed by atoms with Crippen molar-refractivity contribution in [3.63, 3.8) is 0 Å². The first-order chi connectivity index (χ1) is 8.92. The number of carboxylic acids is 1. The second-order valence-corrected chi connectivity index (χ2v) is 4.99. The molecule has 1 aromatic rings. The summed E-state index contributed by atoms with van der Waals surface area (Å²) in [6, 6.07) is 5.72. The van der Waals surface area contributed by atoms with E-state index in [4.69, 9.17) is 4.74 Å². The summed E-state index contributed by atoms with van der Waals surface area (Å²) in [5.41, 5.74) is 2.03. The number of rotatable bonds is 6. The van der Waals surface area contributed by atoms with E-state index in [0.29, 0.717) is 6.42 Å². The molecule has 0 saturated heterocycles. The Morgan fingerprint density at radius 1 is 1.42 bits per heavy atom. The maximum absolute atomic E-state index is 11.4. The summed E-state index contributed by atoms with van der Waals surface area (Å²) in [6.07, 6.45) is 0.600. The average molecular weight is 265 g/mol. The second kappa shape index (κ2) is 6.57. The van der Waals surface area contributed by atoms with Crippen molar-refractivity contribution in [2.24, 2.45) is 5.92 Å². The van der Waals surface area contributed by atoms with Crippen molar-refractivity contribution in [3.8, 4) is 5.75 Å². The minimum absolute atomic E-state index is 0.132. The monoisotopic (exact) mass is 265 g/mol. The summed E-state index contributed by atoms with van der Waals surface area (Å²) in [6.45, 7) is 3.88. The molecule has 4 nitrogen and oxygen atoms in total. The Balaban J connectivity index is 3.19. The first-order valence-electron chi connectivity index (χ1n) is 6.46. The van der Waals surface area contributed by atoms with E-state index >= 15 is 0 Å². The number of benzene rings is 1. The lowest BCUT2D eigenvalue weighted by Crippen LogP contribution is -2.32. The Labute approximate surface area is 115 Å². The SMILES string of the molecule is CCC(C(=O)O)C(c1ccc(OC)c(C)c1)N(C)C. The van der Waals surface area contributed by atoms with Gasteiger partial charge in [-0.25, -0.2) is 0 Å². The Kier molecular flexibility index (Phi) is 5.36. The molecular weight excluding hydrogens is 242 g/mol. The van der Waals surface area contributed by atoms with Crippen LogP contribution in [0.3, 0.4) is 0 Å². The van der Waals surface area contributed by atoms with Crippen LogP contribution >= 0.6 is 0 Å². The lowest BCUT2D eigenvalue weighted by Gasteiger charge is -2.30. The number of ether oxygens (including phenoxy) is 1. The molecule has 0 radical (unpaired) electrons. The average Bonchev–Trinajstić information content (AvgIpc) is 2.34. The van der Waals surface area contributed by atoms with E-state index in [9.17, 15) is 9.90 Å². The molecule has 1 N–H and O–H groups in total. The highest BCUT2D eigenvalue weighted by molar-refractivity contribution is 5.71. The highest BCUT2D eigenvalue weighted by Crippen LogP contribution is 2.32. The van der Waals surface area contributed by atoms with Crippen LogP contribution in [0, 0.1) is 12.8 Å². The summed E-state index contributed by atoms with van der Waals surface area (Å²) in [5, 5.41) is 9.37. The number of nitrogens with zero attached hydrogens (tertiary/aromatic N) is 1. The van der Waals surface area contributed by atoms with E-state index in [1.54, 1.807) is 7.11 Å². The molecule has 0 aromatic heterocycles. The van der Waals surface area contributed by atoms with Gasteiger partial charge in [0.25, 0.3) is 0 Å². The third-order valence-corrected chi connectivity index (χ3v) is 3.45. The van der Waals surface area contributed by atoms with Crippen molar-refractivity contribution < 1.29 is 14.6 Å². The van der Waals surface area contributed by atoms with Gasteiger partial charge >= 0.3 is 5.97 Å². The lowest BCUT2D eigenvalue weighted by atomic mass is 9.89. The zero-order chi connectivity index (χ0) is 14.6. The van der Waals surface area contributed by atoms with Crippen LogP contribution in [0.5, 0.6) is 5.75 Å². The van der Waals surface area contributed by atoms with Crippen molar-refractivity contribution >= 4 is 5.97 Å². The number of hydrogen-bond donors (Lipinski definition) is 1. The van der Waals surface area contributed by atoms with Gasteiger partial charge < -0.3 is 14.7 Å². The van der Waals surface area contributed by atoms with Gasteiger partial charge in [-0.1, -0.05) is 19.1 Å². The number of aryl methyl sites for hydroxylation is 1. The van der Waals surface area contributed by atoms with Crippen LogP contribution in [0.25, 0.3) is 0 Å². The summed E-state index contributed by atoms with van der Waals surface area (Å²) in [5.74, 6) is -0.345. The van der Waals surface area contributed by atoms with Gasteiger partial charge in [0.2, 0.25) is 0 Å². The largest absolute Gasteiger partial charge is 0.496 e. The van der Waals surface area contributed by atoms with E-state index in [1.165, 1.54) is 0 Å². The predicted octanol–water partition coefficient (Wildman–Crippen LogP) is 2.72. The maximum atomic E-state index is 11.4. The molecule has 2 atom stereocenters. The van der Waals surface area contributed by atoms with E-state index in [-0.39, 0.29) is 6.04 Å². The Morgan fingerprint density at radius 3 is 2.42 bits per heavy atom. The van der Waals surface area contributed by atoms with Gasteiger partial charge in [-0.15, -0.1) is 0 Å². The van der Waals surface area contributed by atoms with Crippen molar-refractivity contribution in [1.82, 2.24) is 4.90 Å². The van der Waals surface area contributed by atoms with E-state index in [1.807, 2.05) is 51.0 Å².